The van der Waals surface area contributed by atoms with E-state index in [-0.39, 0.29) is 0 Å². The highest BCUT2D eigenvalue weighted by Crippen LogP contribution is 2.27. The standard InChI is InChI=1S/C12H12.C2H6/c1-3-10-7-11-6-4-5-9(2)12(11)8-10;1-2/h3-7H,1,8H2,2H3;1-2H3. The van der Waals surface area contributed by atoms with Gasteiger partial charge in [-0.2, -0.15) is 0 Å². The topological polar surface area (TPSA) is 0 Å². The van der Waals surface area contributed by atoms with Crippen molar-refractivity contribution < 1.29 is 0 Å². The van der Waals surface area contributed by atoms with Crippen molar-refractivity contribution in [2.24, 2.45) is 0 Å². The molecule has 0 spiro atoms. The van der Waals surface area contributed by atoms with Gasteiger partial charge < -0.3 is 0 Å². The molecule has 1 aliphatic rings. The minimum Gasteiger partial charge on any atom is -0.0988 e. The van der Waals surface area contributed by atoms with Crippen LogP contribution in [0.3, 0.4) is 0 Å². The highest BCUT2D eigenvalue weighted by Gasteiger charge is 2.11. The first-order valence-corrected chi connectivity index (χ1v) is 5.23. The summed E-state index contributed by atoms with van der Waals surface area (Å²) in [6.45, 7) is 9.95. The van der Waals surface area contributed by atoms with E-state index in [4.69, 9.17) is 0 Å². The molecule has 1 aromatic carbocycles. The molecule has 0 saturated heterocycles. The summed E-state index contributed by atoms with van der Waals surface area (Å²) in [4.78, 5) is 0. The molecule has 0 aliphatic heterocycles. The average Bonchev–Trinajstić information content (AvgIpc) is 2.65. The van der Waals surface area contributed by atoms with Gasteiger partial charge >= 0.3 is 0 Å². The predicted octanol–water partition coefficient (Wildman–Crippen LogP) is 4.15. The second kappa shape index (κ2) is 4.80. The Balaban J connectivity index is 0.000000461. The van der Waals surface area contributed by atoms with E-state index < -0.39 is 0 Å². The molecule has 0 saturated carbocycles. The minimum atomic E-state index is 1.06. The Morgan fingerprint density at radius 1 is 1.29 bits per heavy atom. The lowest BCUT2D eigenvalue weighted by atomic mass is 10.0. The Bertz CT molecular complexity index is 356. The molecule has 0 unspecified atom stereocenters. The van der Waals surface area contributed by atoms with Crippen molar-refractivity contribution in [2.45, 2.75) is 27.2 Å². The summed E-state index contributed by atoms with van der Waals surface area (Å²) in [7, 11) is 0. The molecule has 0 aromatic heterocycles. The monoisotopic (exact) mass is 186 g/mol. The van der Waals surface area contributed by atoms with Gasteiger partial charge in [0.15, 0.2) is 0 Å². The maximum Gasteiger partial charge on any atom is -0.00172 e. The maximum atomic E-state index is 3.79. The summed E-state index contributed by atoms with van der Waals surface area (Å²) >= 11 is 0. The van der Waals surface area contributed by atoms with Gasteiger partial charge in [-0.25, -0.2) is 0 Å². The van der Waals surface area contributed by atoms with Gasteiger partial charge in [0.25, 0.3) is 0 Å². The van der Waals surface area contributed by atoms with E-state index in [0.29, 0.717) is 0 Å². The molecule has 0 atom stereocenters. The molecule has 0 N–H and O–H groups in total. The van der Waals surface area contributed by atoms with Crippen LogP contribution in [0.2, 0.25) is 0 Å². The van der Waals surface area contributed by atoms with Gasteiger partial charge in [-0.05, 0) is 35.6 Å². The van der Waals surface area contributed by atoms with Gasteiger partial charge in [0.2, 0.25) is 0 Å². The summed E-state index contributed by atoms with van der Waals surface area (Å²) in [5.41, 5.74) is 5.55. The SMILES string of the molecule is C=CC1=Cc2cccc(C)c2C1.CC. The summed E-state index contributed by atoms with van der Waals surface area (Å²) in [5, 5.41) is 0. The highest BCUT2D eigenvalue weighted by atomic mass is 14.2. The predicted molar refractivity (Wildman–Crippen MR) is 64.4 cm³/mol. The lowest BCUT2D eigenvalue weighted by molar-refractivity contribution is 1.20. The van der Waals surface area contributed by atoms with Crippen LogP contribution in [0.4, 0.5) is 0 Å². The van der Waals surface area contributed by atoms with Crippen molar-refractivity contribution in [1.82, 2.24) is 0 Å². The zero-order valence-electron chi connectivity index (χ0n) is 9.30. The maximum absolute atomic E-state index is 3.79. The molecular weight excluding hydrogens is 168 g/mol. The molecule has 0 heterocycles. The Morgan fingerprint density at radius 3 is 2.57 bits per heavy atom. The fourth-order valence-electron chi connectivity index (χ4n) is 1.69. The number of rotatable bonds is 1. The second-order valence-corrected chi connectivity index (χ2v) is 3.24. The van der Waals surface area contributed by atoms with Crippen LogP contribution in [0.15, 0.2) is 36.4 Å². The van der Waals surface area contributed by atoms with Crippen LogP contribution in [0, 0.1) is 6.92 Å². The van der Waals surface area contributed by atoms with Gasteiger partial charge in [0, 0.05) is 0 Å². The Labute approximate surface area is 87.0 Å². The third kappa shape index (κ3) is 1.95. The van der Waals surface area contributed by atoms with Gasteiger partial charge in [-0.15, -0.1) is 0 Å². The first kappa shape index (κ1) is 10.8. The van der Waals surface area contributed by atoms with E-state index in [1.165, 1.54) is 22.3 Å². The molecule has 14 heavy (non-hydrogen) atoms. The van der Waals surface area contributed by atoms with Crippen LogP contribution < -0.4 is 0 Å². The number of aryl methyl sites for hydroxylation is 1. The normalized spacial score (nSPS) is 12.4. The molecule has 2 rings (SSSR count). The second-order valence-electron chi connectivity index (χ2n) is 3.24. The molecule has 1 aromatic rings. The quantitative estimate of drug-likeness (QED) is 0.618. The Morgan fingerprint density at radius 2 is 2.00 bits per heavy atom. The van der Waals surface area contributed by atoms with E-state index in [9.17, 15) is 0 Å². The number of allylic oxidation sites excluding steroid dienone is 2. The van der Waals surface area contributed by atoms with E-state index in [2.05, 4.69) is 37.8 Å². The zero-order chi connectivity index (χ0) is 10.6. The number of hydrogen-bond acceptors (Lipinski definition) is 0. The Kier molecular flexibility index (Phi) is 3.70. The molecule has 74 valence electrons. The van der Waals surface area contributed by atoms with E-state index in [1.54, 1.807) is 0 Å². The first-order chi connectivity index (χ1) is 6.81. The lowest BCUT2D eigenvalue weighted by Gasteiger charge is -2.01. The first-order valence-electron chi connectivity index (χ1n) is 5.23. The van der Waals surface area contributed by atoms with Crippen molar-refractivity contribution in [2.75, 3.05) is 0 Å². The van der Waals surface area contributed by atoms with Gasteiger partial charge in [-0.1, -0.05) is 50.8 Å². The van der Waals surface area contributed by atoms with Crippen LogP contribution in [0.5, 0.6) is 0 Å². The summed E-state index contributed by atoms with van der Waals surface area (Å²) in [6, 6.07) is 6.44. The molecule has 0 amide bonds. The summed E-state index contributed by atoms with van der Waals surface area (Å²) < 4.78 is 0. The molecule has 0 bridgehead atoms. The molecule has 1 aliphatic carbocycles. The zero-order valence-corrected chi connectivity index (χ0v) is 9.30. The smallest absolute Gasteiger partial charge is 0.00172 e. The van der Waals surface area contributed by atoms with Crippen LogP contribution in [-0.2, 0) is 6.42 Å². The van der Waals surface area contributed by atoms with Crippen LogP contribution in [0.25, 0.3) is 6.08 Å². The average molecular weight is 186 g/mol. The number of benzene rings is 1. The molecular formula is C14H18. The molecule has 0 fully saturated rings. The summed E-state index contributed by atoms with van der Waals surface area (Å²) in [5.74, 6) is 0. The van der Waals surface area contributed by atoms with Crippen molar-refractivity contribution in [3.63, 3.8) is 0 Å². The number of fused-ring (bicyclic) bond motifs is 1. The van der Waals surface area contributed by atoms with Crippen LogP contribution in [-0.4, -0.2) is 0 Å². The number of hydrogen-bond donors (Lipinski definition) is 0. The van der Waals surface area contributed by atoms with Crippen molar-refractivity contribution in [3.05, 3.63) is 53.1 Å². The molecule has 0 nitrogen and oxygen atoms in total. The molecule has 0 radical (unpaired) electrons. The van der Waals surface area contributed by atoms with Crippen molar-refractivity contribution >= 4 is 6.08 Å². The van der Waals surface area contributed by atoms with Crippen LogP contribution in [0.1, 0.15) is 30.5 Å². The third-order valence-electron chi connectivity index (χ3n) is 2.43. The highest BCUT2D eigenvalue weighted by molar-refractivity contribution is 5.67. The van der Waals surface area contributed by atoms with E-state index in [0.717, 1.165) is 6.42 Å². The van der Waals surface area contributed by atoms with Gasteiger partial charge in [-0.3, -0.25) is 0 Å². The van der Waals surface area contributed by atoms with Crippen molar-refractivity contribution in [1.29, 1.82) is 0 Å². The van der Waals surface area contributed by atoms with Crippen molar-refractivity contribution in [3.8, 4) is 0 Å². The lowest BCUT2D eigenvalue weighted by Crippen LogP contribution is -1.87. The van der Waals surface area contributed by atoms with Crippen LogP contribution >= 0.6 is 0 Å². The fraction of sp³-hybridized carbons (Fsp3) is 0.286. The third-order valence-corrected chi connectivity index (χ3v) is 2.43. The van der Waals surface area contributed by atoms with E-state index in [1.807, 2.05) is 19.9 Å². The van der Waals surface area contributed by atoms with Gasteiger partial charge in [0.1, 0.15) is 0 Å². The van der Waals surface area contributed by atoms with Gasteiger partial charge in [0.05, 0.1) is 0 Å². The summed E-state index contributed by atoms with van der Waals surface area (Å²) in [6.07, 6.45) is 5.22. The largest absolute Gasteiger partial charge is 0.0988 e. The fourth-order valence-corrected chi connectivity index (χ4v) is 1.69. The van der Waals surface area contributed by atoms with E-state index >= 15 is 0 Å². The molecule has 0 heteroatoms. The Hall–Kier alpha value is -1.30. The minimum absolute atomic E-state index is 1.06.